The molecule has 28 heavy (non-hydrogen) atoms. The van der Waals surface area contributed by atoms with E-state index in [9.17, 15) is 4.79 Å². The summed E-state index contributed by atoms with van der Waals surface area (Å²) in [4.78, 5) is 18.7. The smallest absolute Gasteiger partial charge is 0.338 e. The number of rotatable bonds is 5. The van der Waals surface area contributed by atoms with Gasteiger partial charge in [-0.05, 0) is 82.2 Å². The van der Waals surface area contributed by atoms with Gasteiger partial charge in [-0.25, -0.2) is 4.79 Å². The van der Waals surface area contributed by atoms with Gasteiger partial charge in [0.05, 0.1) is 23.4 Å². The Morgan fingerprint density at radius 3 is 2.50 bits per heavy atom. The van der Waals surface area contributed by atoms with E-state index in [1.807, 2.05) is 18.3 Å². The fourth-order valence-corrected chi connectivity index (χ4v) is 3.81. The summed E-state index contributed by atoms with van der Waals surface area (Å²) in [6.45, 7) is 12.0. The Kier molecular flexibility index (Phi) is 5.68. The zero-order valence-electron chi connectivity index (χ0n) is 17.3. The number of fused-ring (bicyclic) bond motifs is 1. The van der Waals surface area contributed by atoms with Crippen LogP contribution in [0.4, 0.5) is 11.4 Å². The highest BCUT2D eigenvalue weighted by molar-refractivity contribution is 5.91. The zero-order valence-corrected chi connectivity index (χ0v) is 17.3. The van der Waals surface area contributed by atoms with Gasteiger partial charge in [0.2, 0.25) is 0 Å². The average Bonchev–Trinajstić information content (AvgIpc) is 2.67. The Bertz CT molecular complexity index is 924. The Morgan fingerprint density at radius 2 is 1.86 bits per heavy atom. The third-order valence-corrected chi connectivity index (χ3v) is 5.06. The lowest BCUT2D eigenvalue weighted by Gasteiger charge is -2.42. The van der Waals surface area contributed by atoms with Crippen LogP contribution in [0.15, 0.2) is 53.5 Å². The van der Waals surface area contributed by atoms with Gasteiger partial charge >= 0.3 is 5.97 Å². The summed E-state index contributed by atoms with van der Waals surface area (Å²) < 4.78 is 5.01. The highest BCUT2D eigenvalue weighted by atomic mass is 16.5. The molecule has 0 saturated carbocycles. The molecule has 0 aromatic heterocycles. The van der Waals surface area contributed by atoms with Crippen molar-refractivity contribution < 1.29 is 9.53 Å². The number of esters is 1. The molecule has 1 aliphatic heterocycles. The van der Waals surface area contributed by atoms with Crippen molar-refractivity contribution in [3.8, 4) is 0 Å². The Morgan fingerprint density at radius 1 is 1.14 bits per heavy atom. The van der Waals surface area contributed by atoms with Crippen molar-refractivity contribution in [1.82, 2.24) is 0 Å². The third-order valence-electron chi connectivity index (χ3n) is 5.06. The fourth-order valence-electron chi connectivity index (χ4n) is 3.81. The second-order valence-corrected chi connectivity index (χ2v) is 7.53. The molecule has 2 aromatic carbocycles. The van der Waals surface area contributed by atoms with E-state index in [1.54, 1.807) is 19.1 Å². The molecule has 0 saturated heterocycles. The van der Waals surface area contributed by atoms with Crippen molar-refractivity contribution in [1.29, 1.82) is 0 Å². The minimum Gasteiger partial charge on any atom is -0.462 e. The maximum atomic E-state index is 11.7. The Hall–Kier alpha value is -2.88. The van der Waals surface area contributed by atoms with Gasteiger partial charge in [0.25, 0.3) is 0 Å². The van der Waals surface area contributed by atoms with Gasteiger partial charge in [-0.2, -0.15) is 0 Å². The van der Waals surface area contributed by atoms with Gasteiger partial charge in [0, 0.05) is 24.0 Å². The van der Waals surface area contributed by atoms with Crippen LogP contribution in [-0.2, 0) is 4.74 Å². The summed E-state index contributed by atoms with van der Waals surface area (Å²) in [5.74, 6) is -0.307. The van der Waals surface area contributed by atoms with Crippen molar-refractivity contribution in [3.63, 3.8) is 0 Å². The van der Waals surface area contributed by atoms with Gasteiger partial charge in [-0.1, -0.05) is 12.1 Å². The molecule has 4 nitrogen and oxygen atoms in total. The number of aliphatic imine (C=N–C) groups is 1. The van der Waals surface area contributed by atoms with Crippen LogP contribution in [0.5, 0.6) is 0 Å². The van der Waals surface area contributed by atoms with Gasteiger partial charge < -0.3 is 9.64 Å². The number of allylic oxidation sites excluding steroid dienone is 1. The Balaban J connectivity index is 1.83. The number of hydrogen-bond donors (Lipinski definition) is 0. The lowest BCUT2D eigenvalue weighted by atomic mass is 9.88. The normalized spacial score (nSPS) is 15.3. The third kappa shape index (κ3) is 4.01. The van der Waals surface area contributed by atoms with E-state index < -0.39 is 0 Å². The van der Waals surface area contributed by atoms with Crippen LogP contribution in [0.25, 0.3) is 5.57 Å². The number of carbonyl (C=O) groups excluding carboxylic acids is 1. The summed E-state index contributed by atoms with van der Waals surface area (Å²) >= 11 is 0. The first-order valence-electron chi connectivity index (χ1n) is 9.78. The molecule has 0 atom stereocenters. The van der Waals surface area contributed by atoms with Gasteiger partial charge in [-0.3, -0.25) is 4.99 Å². The predicted octanol–water partition coefficient (Wildman–Crippen LogP) is 5.64. The molecule has 0 amide bonds. The van der Waals surface area contributed by atoms with Gasteiger partial charge in [0.15, 0.2) is 0 Å². The molecular weight excluding hydrogens is 348 g/mol. The fraction of sp³-hybridized carbons (Fsp3) is 0.333. The molecule has 1 heterocycles. The van der Waals surface area contributed by atoms with Crippen LogP contribution in [-0.4, -0.2) is 30.9 Å². The zero-order chi connectivity index (χ0) is 20.3. The topological polar surface area (TPSA) is 41.9 Å². The molecular formula is C24H28N2O2. The average molecular weight is 377 g/mol. The van der Waals surface area contributed by atoms with E-state index in [1.165, 1.54) is 16.8 Å². The molecule has 0 radical (unpaired) electrons. The van der Waals surface area contributed by atoms with Crippen LogP contribution >= 0.6 is 0 Å². The quantitative estimate of drug-likeness (QED) is 0.501. The molecule has 3 rings (SSSR count). The number of benzene rings is 2. The van der Waals surface area contributed by atoms with Crippen molar-refractivity contribution >= 4 is 29.1 Å². The van der Waals surface area contributed by atoms with E-state index in [0.717, 1.165) is 17.8 Å². The summed E-state index contributed by atoms with van der Waals surface area (Å²) in [6.07, 6.45) is 4.19. The number of anilines is 1. The first-order chi connectivity index (χ1) is 13.4. The molecule has 4 heteroatoms. The molecule has 0 N–H and O–H groups in total. The highest BCUT2D eigenvalue weighted by Gasteiger charge is 2.29. The number of likely N-dealkylation sites (N-methyl/N-ethyl adjacent to an activating group) is 1. The second-order valence-electron chi connectivity index (χ2n) is 7.53. The lowest BCUT2D eigenvalue weighted by molar-refractivity contribution is 0.0526. The van der Waals surface area contributed by atoms with Crippen LogP contribution < -0.4 is 4.90 Å². The maximum Gasteiger partial charge on any atom is 0.338 e. The van der Waals surface area contributed by atoms with E-state index in [2.05, 4.69) is 61.9 Å². The standard InChI is InChI=1S/C24H28N2O2/c1-6-26-22-13-8-18(14-21(22)17(3)15-24(26,4)5)16-25-20-11-9-19(10-12-20)23(27)28-7-2/h8-16H,6-7H2,1-5H3. The van der Waals surface area contributed by atoms with E-state index in [-0.39, 0.29) is 11.5 Å². The number of carbonyl (C=O) groups is 1. The monoisotopic (exact) mass is 376 g/mol. The molecule has 0 fully saturated rings. The molecule has 0 spiro atoms. The van der Waals surface area contributed by atoms with E-state index in [0.29, 0.717) is 12.2 Å². The minimum atomic E-state index is -0.307. The summed E-state index contributed by atoms with van der Waals surface area (Å²) in [5, 5.41) is 0. The van der Waals surface area contributed by atoms with Crippen molar-refractivity contribution in [2.24, 2.45) is 4.99 Å². The maximum absolute atomic E-state index is 11.7. The van der Waals surface area contributed by atoms with Crippen LogP contribution in [0.3, 0.4) is 0 Å². The van der Waals surface area contributed by atoms with E-state index in [4.69, 9.17) is 4.74 Å². The van der Waals surface area contributed by atoms with Crippen molar-refractivity contribution in [2.45, 2.75) is 40.2 Å². The predicted molar refractivity (Wildman–Crippen MR) is 117 cm³/mol. The molecule has 0 unspecified atom stereocenters. The van der Waals surface area contributed by atoms with Gasteiger partial charge in [-0.15, -0.1) is 0 Å². The molecule has 0 bridgehead atoms. The largest absolute Gasteiger partial charge is 0.462 e. The van der Waals surface area contributed by atoms with Crippen LogP contribution in [0.2, 0.25) is 0 Å². The number of ether oxygens (including phenoxy) is 1. The van der Waals surface area contributed by atoms with Crippen LogP contribution in [0, 0.1) is 0 Å². The first kappa shape index (κ1) is 19.9. The van der Waals surface area contributed by atoms with E-state index >= 15 is 0 Å². The summed E-state index contributed by atoms with van der Waals surface area (Å²) in [6, 6.07) is 13.6. The Labute approximate surface area is 167 Å². The highest BCUT2D eigenvalue weighted by Crippen LogP contribution is 2.38. The van der Waals surface area contributed by atoms with Crippen molar-refractivity contribution in [3.05, 3.63) is 65.2 Å². The molecule has 1 aliphatic rings. The summed E-state index contributed by atoms with van der Waals surface area (Å²) in [5.41, 5.74) is 6.22. The van der Waals surface area contributed by atoms with Crippen molar-refractivity contribution in [2.75, 3.05) is 18.1 Å². The minimum absolute atomic E-state index is 0.0160. The second kappa shape index (κ2) is 8.01. The van der Waals surface area contributed by atoms with Gasteiger partial charge in [0.1, 0.15) is 0 Å². The lowest BCUT2D eigenvalue weighted by Crippen LogP contribution is -2.44. The molecule has 146 valence electrons. The summed E-state index contributed by atoms with van der Waals surface area (Å²) in [7, 11) is 0. The molecule has 0 aliphatic carbocycles. The SMILES string of the molecule is CCOC(=O)c1ccc(N=Cc2ccc3c(c2)C(C)=CC(C)(C)N3CC)cc1. The van der Waals surface area contributed by atoms with Crippen LogP contribution in [0.1, 0.15) is 56.1 Å². The number of hydrogen-bond acceptors (Lipinski definition) is 4. The number of nitrogens with zero attached hydrogens (tertiary/aromatic N) is 2. The first-order valence-corrected chi connectivity index (χ1v) is 9.78. The molecule has 2 aromatic rings.